The van der Waals surface area contributed by atoms with Crippen LogP contribution in [-0.4, -0.2) is 11.3 Å². The standard InChI is InChI=1S/C16H13F3N2O3/c1-15(11-4-6-12(7-5-11)23-16(17,18)19)9-14(21-24-15)22-13-3-2-8-20-10-13/h2-10,21H,1H3. The Bertz CT molecular complexity index is 732. The Morgan fingerprint density at radius 3 is 2.50 bits per heavy atom. The molecule has 0 aliphatic carbocycles. The first kappa shape index (κ1) is 16.1. The fraction of sp³-hybridized carbons (Fsp3) is 0.188. The maximum atomic E-state index is 12.2. The van der Waals surface area contributed by atoms with Gasteiger partial charge >= 0.3 is 6.36 Å². The number of hydrogen-bond acceptors (Lipinski definition) is 5. The van der Waals surface area contributed by atoms with Crippen LogP contribution >= 0.6 is 0 Å². The lowest BCUT2D eigenvalue weighted by molar-refractivity contribution is -0.274. The predicted octanol–water partition coefficient (Wildman–Crippen LogP) is 3.65. The highest BCUT2D eigenvalue weighted by atomic mass is 19.4. The summed E-state index contributed by atoms with van der Waals surface area (Å²) in [5.41, 5.74) is 2.39. The van der Waals surface area contributed by atoms with Gasteiger partial charge in [-0.15, -0.1) is 13.2 Å². The van der Waals surface area contributed by atoms with Crippen molar-refractivity contribution in [1.82, 2.24) is 10.5 Å². The smallest absolute Gasteiger partial charge is 0.438 e. The van der Waals surface area contributed by atoms with Crippen LogP contribution in [0.15, 0.2) is 60.8 Å². The van der Waals surface area contributed by atoms with E-state index in [1.165, 1.54) is 24.3 Å². The molecular formula is C16H13F3N2O3. The minimum absolute atomic E-state index is 0.295. The molecule has 0 amide bonds. The summed E-state index contributed by atoms with van der Waals surface area (Å²) in [5, 5.41) is 0. The van der Waals surface area contributed by atoms with Crippen molar-refractivity contribution in [3.63, 3.8) is 0 Å². The highest BCUT2D eigenvalue weighted by Gasteiger charge is 2.34. The van der Waals surface area contributed by atoms with E-state index in [0.717, 1.165) is 0 Å². The van der Waals surface area contributed by atoms with Gasteiger partial charge in [-0.05, 0) is 36.8 Å². The molecular weight excluding hydrogens is 325 g/mol. The predicted molar refractivity (Wildman–Crippen MR) is 77.6 cm³/mol. The van der Waals surface area contributed by atoms with Gasteiger partial charge in [0.05, 0.1) is 6.20 Å². The Hall–Kier alpha value is -2.74. The molecule has 2 aromatic rings. The number of benzene rings is 1. The number of nitrogens with zero attached hydrogens (tertiary/aromatic N) is 1. The van der Waals surface area contributed by atoms with Crippen LogP contribution in [-0.2, 0) is 10.4 Å². The van der Waals surface area contributed by atoms with Crippen LogP contribution in [0.4, 0.5) is 13.2 Å². The Morgan fingerprint density at radius 1 is 1.12 bits per heavy atom. The Labute approximate surface area is 135 Å². The van der Waals surface area contributed by atoms with Gasteiger partial charge in [0.1, 0.15) is 17.1 Å². The molecule has 2 heterocycles. The molecule has 24 heavy (non-hydrogen) atoms. The van der Waals surface area contributed by atoms with Gasteiger partial charge in [0, 0.05) is 12.3 Å². The van der Waals surface area contributed by atoms with Gasteiger partial charge in [0.15, 0.2) is 0 Å². The van der Waals surface area contributed by atoms with Crippen molar-refractivity contribution >= 4 is 0 Å². The highest BCUT2D eigenvalue weighted by molar-refractivity contribution is 5.35. The molecule has 0 radical (unpaired) electrons. The summed E-state index contributed by atoms with van der Waals surface area (Å²) in [6.45, 7) is 1.75. The molecule has 0 fully saturated rings. The number of nitrogens with one attached hydrogen (secondary N) is 1. The third-order valence-electron chi connectivity index (χ3n) is 3.29. The Balaban J connectivity index is 1.74. The zero-order chi connectivity index (χ0) is 17.2. The quantitative estimate of drug-likeness (QED) is 0.922. The molecule has 5 nitrogen and oxygen atoms in total. The lowest BCUT2D eigenvalue weighted by Gasteiger charge is -2.20. The molecule has 1 aliphatic rings. The zero-order valence-electron chi connectivity index (χ0n) is 12.5. The zero-order valence-corrected chi connectivity index (χ0v) is 12.5. The molecule has 1 aromatic heterocycles. The monoisotopic (exact) mass is 338 g/mol. The summed E-state index contributed by atoms with van der Waals surface area (Å²) in [5.74, 6) is 0.593. The molecule has 0 spiro atoms. The van der Waals surface area contributed by atoms with Gasteiger partial charge in [-0.25, -0.2) is 5.48 Å². The van der Waals surface area contributed by atoms with Crippen LogP contribution in [0.2, 0.25) is 0 Å². The van der Waals surface area contributed by atoms with Gasteiger partial charge in [0.25, 0.3) is 0 Å². The molecule has 1 unspecified atom stereocenters. The van der Waals surface area contributed by atoms with E-state index in [4.69, 9.17) is 9.57 Å². The largest absolute Gasteiger partial charge is 0.573 e. The van der Waals surface area contributed by atoms with Crippen LogP contribution in [0.25, 0.3) is 0 Å². The third-order valence-corrected chi connectivity index (χ3v) is 3.29. The molecule has 1 atom stereocenters. The minimum Gasteiger partial charge on any atom is -0.438 e. The Morgan fingerprint density at radius 2 is 1.88 bits per heavy atom. The summed E-state index contributed by atoms with van der Waals surface area (Å²) in [6.07, 6.45) is 0.122. The first-order chi connectivity index (χ1) is 11.3. The van der Waals surface area contributed by atoms with Crippen molar-refractivity contribution < 1.29 is 27.5 Å². The number of hydrogen-bond donors (Lipinski definition) is 1. The molecule has 0 bridgehead atoms. The summed E-state index contributed by atoms with van der Waals surface area (Å²) in [4.78, 5) is 9.43. The van der Waals surface area contributed by atoms with Crippen molar-refractivity contribution in [2.75, 3.05) is 0 Å². The molecule has 1 N–H and O–H groups in total. The van der Waals surface area contributed by atoms with E-state index in [-0.39, 0.29) is 5.75 Å². The number of pyridine rings is 1. The molecule has 0 saturated carbocycles. The molecule has 8 heteroatoms. The van der Waals surface area contributed by atoms with Crippen molar-refractivity contribution in [2.45, 2.75) is 18.9 Å². The lowest BCUT2D eigenvalue weighted by Crippen LogP contribution is -2.23. The van der Waals surface area contributed by atoms with Crippen LogP contribution in [0.5, 0.6) is 11.5 Å². The summed E-state index contributed by atoms with van der Waals surface area (Å²) in [7, 11) is 0. The number of rotatable bonds is 4. The SMILES string of the molecule is CC1(c2ccc(OC(F)(F)F)cc2)C=C(Oc2cccnc2)NO1. The van der Waals surface area contributed by atoms with Gasteiger partial charge in [0.2, 0.25) is 5.88 Å². The molecule has 1 aliphatic heterocycles. The first-order valence-electron chi connectivity index (χ1n) is 6.95. The van der Waals surface area contributed by atoms with E-state index in [1.54, 1.807) is 37.5 Å². The number of halogens is 3. The van der Waals surface area contributed by atoms with E-state index in [1.807, 2.05) is 0 Å². The van der Waals surface area contributed by atoms with E-state index in [0.29, 0.717) is 17.2 Å². The fourth-order valence-corrected chi connectivity index (χ4v) is 2.18. The maximum absolute atomic E-state index is 12.2. The van der Waals surface area contributed by atoms with Gasteiger partial charge in [-0.3, -0.25) is 9.82 Å². The summed E-state index contributed by atoms with van der Waals surface area (Å²) < 4.78 is 46.0. The number of ether oxygens (including phenoxy) is 2. The number of hydroxylamine groups is 1. The molecule has 126 valence electrons. The van der Waals surface area contributed by atoms with Gasteiger partial charge in [-0.1, -0.05) is 12.1 Å². The molecule has 3 rings (SSSR count). The van der Waals surface area contributed by atoms with Gasteiger partial charge in [-0.2, -0.15) is 0 Å². The van der Waals surface area contributed by atoms with Gasteiger partial charge < -0.3 is 9.47 Å². The van der Waals surface area contributed by atoms with Crippen molar-refractivity contribution in [3.05, 3.63) is 66.3 Å². The van der Waals surface area contributed by atoms with E-state index >= 15 is 0 Å². The van der Waals surface area contributed by atoms with Crippen molar-refractivity contribution in [2.24, 2.45) is 0 Å². The van der Waals surface area contributed by atoms with E-state index in [2.05, 4.69) is 15.2 Å². The maximum Gasteiger partial charge on any atom is 0.573 e. The summed E-state index contributed by atoms with van der Waals surface area (Å²) in [6, 6.07) is 8.90. The van der Waals surface area contributed by atoms with Crippen LogP contribution in [0.1, 0.15) is 12.5 Å². The van der Waals surface area contributed by atoms with Crippen molar-refractivity contribution in [1.29, 1.82) is 0 Å². The Kier molecular flexibility index (Phi) is 4.06. The van der Waals surface area contributed by atoms with E-state index < -0.39 is 12.0 Å². The second kappa shape index (κ2) is 6.04. The summed E-state index contributed by atoms with van der Waals surface area (Å²) >= 11 is 0. The molecule has 1 aromatic carbocycles. The normalized spacial score (nSPS) is 20.2. The number of aromatic nitrogens is 1. The third kappa shape index (κ3) is 3.77. The fourth-order valence-electron chi connectivity index (χ4n) is 2.18. The number of alkyl halides is 3. The first-order valence-corrected chi connectivity index (χ1v) is 6.95. The van der Waals surface area contributed by atoms with Crippen LogP contribution in [0, 0.1) is 0 Å². The minimum atomic E-state index is -4.72. The average molecular weight is 338 g/mol. The van der Waals surface area contributed by atoms with E-state index in [9.17, 15) is 13.2 Å². The lowest BCUT2D eigenvalue weighted by atomic mass is 9.96. The highest BCUT2D eigenvalue weighted by Crippen LogP contribution is 2.33. The van der Waals surface area contributed by atoms with Crippen LogP contribution < -0.4 is 15.0 Å². The average Bonchev–Trinajstić information content (AvgIpc) is 2.90. The van der Waals surface area contributed by atoms with Crippen LogP contribution in [0.3, 0.4) is 0 Å². The van der Waals surface area contributed by atoms with Crippen molar-refractivity contribution in [3.8, 4) is 11.5 Å². The molecule has 0 saturated heterocycles. The second-order valence-corrected chi connectivity index (χ2v) is 5.18. The topological polar surface area (TPSA) is 52.6 Å². The second-order valence-electron chi connectivity index (χ2n) is 5.18.